The molecule has 3 nitrogen and oxygen atoms in total. The van der Waals surface area contributed by atoms with Gasteiger partial charge >= 0.3 is 0 Å². The predicted molar refractivity (Wildman–Crippen MR) is 111 cm³/mol. The number of nitrogens with one attached hydrogen (secondary N) is 1. The summed E-state index contributed by atoms with van der Waals surface area (Å²) in [5, 5.41) is 3.88. The van der Waals surface area contributed by atoms with Crippen molar-refractivity contribution in [2.24, 2.45) is 0 Å². The lowest BCUT2D eigenvalue weighted by Crippen LogP contribution is -2.07. The van der Waals surface area contributed by atoms with Crippen molar-refractivity contribution < 1.29 is 4.74 Å². The van der Waals surface area contributed by atoms with E-state index in [1.807, 2.05) is 25.2 Å². The molecule has 1 aromatic heterocycles. The van der Waals surface area contributed by atoms with Gasteiger partial charge in [0.05, 0.1) is 17.8 Å². The van der Waals surface area contributed by atoms with Crippen molar-refractivity contribution >= 4 is 11.6 Å². The van der Waals surface area contributed by atoms with Gasteiger partial charge in [0.1, 0.15) is 0 Å². The Morgan fingerprint density at radius 1 is 1.00 bits per heavy atom. The highest BCUT2D eigenvalue weighted by Gasteiger charge is 2.19. The van der Waals surface area contributed by atoms with Crippen LogP contribution in [0.15, 0.2) is 48.5 Å². The second-order valence-electron chi connectivity index (χ2n) is 6.86. The van der Waals surface area contributed by atoms with Gasteiger partial charge in [0.2, 0.25) is 5.88 Å². The third-order valence-corrected chi connectivity index (χ3v) is 5.62. The third-order valence-electron chi connectivity index (χ3n) is 5.21. The highest BCUT2D eigenvalue weighted by molar-refractivity contribution is 6.36. The summed E-state index contributed by atoms with van der Waals surface area (Å²) in [6.45, 7) is 0.709. The molecule has 3 aromatic rings. The van der Waals surface area contributed by atoms with Crippen molar-refractivity contribution in [3.63, 3.8) is 0 Å². The van der Waals surface area contributed by atoms with Crippen LogP contribution in [0.5, 0.6) is 5.88 Å². The van der Waals surface area contributed by atoms with Gasteiger partial charge in [-0.1, -0.05) is 54.1 Å². The summed E-state index contributed by atoms with van der Waals surface area (Å²) in [4.78, 5) is 4.70. The molecule has 0 bridgehead atoms. The fourth-order valence-electron chi connectivity index (χ4n) is 3.93. The van der Waals surface area contributed by atoms with E-state index in [0.29, 0.717) is 12.4 Å². The van der Waals surface area contributed by atoms with Crippen LogP contribution in [0.2, 0.25) is 5.02 Å². The molecular formula is C23H23ClN2O. The van der Waals surface area contributed by atoms with Crippen LogP contribution in [0.3, 0.4) is 0 Å². The van der Waals surface area contributed by atoms with E-state index in [1.54, 1.807) is 7.11 Å². The van der Waals surface area contributed by atoms with E-state index < -0.39 is 0 Å². The molecule has 0 aliphatic heterocycles. The largest absolute Gasteiger partial charge is 0.481 e. The Kier molecular flexibility index (Phi) is 5.15. The molecule has 0 saturated heterocycles. The van der Waals surface area contributed by atoms with E-state index in [4.69, 9.17) is 21.3 Å². The van der Waals surface area contributed by atoms with E-state index in [1.165, 1.54) is 23.1 Å². The minimum atomic E-state index is 0.629. The number of aromatic nitrogens is 1. The summed E-state index contributed by atoms with van der Waals surface area (Å²) in [5.41, 5.74) is 7.99. The van der Waals surface area contributed by atoms with Crippen LogP contribution in [0, 0.1) is 0 Å². The normalized spacial score (nSPS) is 12.9. The summed E-state index contributed by atoms with van der Waals surface area (Å²) in [6.07, 6.45) is 3.50. The Morgan fingerprint density at radius 2 is 1.78 bits per heavy atom. The van der Waals surface area contributed by atoms with Crippen molar-refractivity contribution in [3.05, 3.63) is 70.2 Å². The van der Waals surface area contributed by atoms with Crippen molar-refractivity contribution in [1.29, 1.82) is 0 Å². The SMILES string of the molecule is CNCc1ccc(-c2cccc(-c3cccc4c3CCC4)c2Cl)nc1OC. The molecule has 0 spiro atoms. The molecule has 0 unspecified atom stereocenters. The lowest BCUT2D eigenvalue weighted by atomic mass is 9.95. The lowest BCUT2D eigenvalue weighted by Gasteiger charge is -2.14. The molecule has 0 fully saturated rings. The fourth-order valence-corrected chi connectivity index (χ4v) is 4.26. The minimum Gasteiger partial charge on any atom is -0.481 e. The van der Waals surface area contributed by atoms with Gasteiger partial charge in [-0.2, -0.15) is 0 Å². The molecule has 1 aliphatic carbocycles. The summed E-state index contributed by atoms with van der Waals surface area (Å²) < 4.78 is 5.48. The number of fused-ring (bicyclic) bond motifs is 1. The zero-order valence-corrected chi connectivity index (χ0v) is 16.4. The second-order valence-corrected chi connectivity index (χ2v) is 7.24. The summed E-state index contributed by atoms with van der Waals surface area (Å²) in [5.74, 6) is 0.629. The molecule has 4 heteroatoms. The first kappa shape index (κ1) is 18.0. The number of rotatable bonds is 5. The van der Waals surface area contributed by atoms with Gasteiger partial charge in [-0.3, -0.25) is 0 Å². The number of ether oxygens (including phenoxy) is 1. The smallest absolute Gasteiger partial charge is 0.218 e. The molecular weight excluding hydrogens is 356 g/mol. The Bertz CT molecular complexity index is 984. The monoisotopic (exact) mass is 378 g/mol. The maximum absolute atomic E-state index is 6.88. The average Bonchev–Trinajstić information content (AvgIpc) is 3.18. The topological polar surface area (TPSA) is 34.2 Å². The van der Waals surface area contributed by atoms with Crippen LogP contribution in [0.4, 0.5) is 0 Å². The van der Waals surface area contributed by atoms with Crippen molar-refractivity contribution in [2.75, 3.05) is 14.2 Å². The zero-order valence-electron chi connectivity index (χ0n) is 15.7. The molecule has 1 heterocycles. The zero-order chi connectivity index (χ0) is 18.8. The standard InChI is InChI=1S/C23H23ClN2O/c1-25-14-16-12-13-21(26-23(16)27-2)20-11-5-10-19(22(20)24)18-9-4-7-15-6-3-8-17(15)18/h4-5,7,9-13,25H,3,6,8,14H2,1-2H3. The molecule has 0 amide bonds. The summed E-state index contributed by atoms with van der Waals surface area (Å²) in [7, 11) is 3.56. The molecule has 0 saturated carbocycles. The van der Waals surface area contributed by atoms with Gasteiger partial charge in [0.25, 0.3) is 0 Å². The molecule has 4 rings (SSSR count). The fraction of sp³-hybridized carbons (Fsp3) is 0.261. The quantitative estimate of drug-likeness (QED) is 0.655. The highest BCUT2D eigenvalue weighted by atomic mass is 35.5. The Hall–Kier alpha value is -2.36. The molecule has 138 valence electrons. The first-order valence-electron chi connectivity index (χ1n) is 9.31. The van der Waals surface area contributed by atoms with Gasteiger partial charge in [-0.05, 0) is 49.1 Å². The van der Waals surface area contributed by atoms with E-state index in [9.17, 15) is 0 Å². The van der Waals surface area contributed by atoms with Gasteiger partial charge in [-0.25, -0.2) is 4.98 Å². The van der Waals surface area contributed by atoms with Crippen molar-refractivity contribution in [3.8, 4) is 28.3 Å². The molecule has 0 atom stereocenters. The van der Waals surface area contributed by atoms with Gasteiger partial charge < -0.3 is 10.1 Å². The molecule has 0 radical (unpaired) electrons. The van der Waals surface area contributed by atoms with Gasteiger partial charge in [-0.15, -0.1) is 0 Å². The number of nitrogens with zero attached hydrogens (tertiary/aromatic N) is 1. The number of benzene rings is 2. The Balaban J connectivity index is 1.81. The highest BCUT2D eigenvalue weighted by Crippen LogP contribution is 2.40. The number of aryl methyl sites for hydroxylation is 1. The molecule has 27 heavy (non-hydrogen) atoms. The summed E-state index contributed by atoms with van der Waals surface area (Å²) in [6, 6.07) is 16.8. The van der Waals surface area contributed by atoms with Crippen LogP contribution < -0.4 is 10.1 Å². The van der Waals surface area contributed by atoms with Crippen LogP contribution in [0.25, 0.3) is 22.4 Å². The number of halogens is 1. The van der Waals surface area contributed by atoms with E-state index >= 15 is 0 Å². The van der Waals surface area contributed by atoms with Crippen LogP contribution in [-0.4, -0.2) is 19.1 Å². The number of methoxy groups -OCH3 is 1. The average molecular weight is 379 g/mol. The second kappa shape index (κ2) is 7.71. The number of hydrogen-bond acceptors (Lipinski definition) is 3. The minimum absolute atomic E-state index is 0.629. The molecule has 1 aliphatic rings. The Labute approximate surface area is 165 Å². The van der Waals surface area contributed by atoms with Gasteiger partial charge in [0, 0.05) is 23.2 Å². The lowest BCUT2D eigenvalue weighted by molar-refractivity contribution is 0.392. The van der Waals surface area contributed by atoms with Crippen LogP contribution in [0.1, 0.15) is 23.1 Å². The Morgan fingerprint density at radius 3 is 2.59 bits per heavy atom. The first-order valence-corrected chi connectivity index (χ1v) is 9.69. The predicted octanol–water partition coefficient (Wildman–Crippen LogP) is 5.29. The van der Waals surface area contributed by atoms with E-state index in [-0.39, 0.29) is 0 Å². The number of pyridine rings is 1. The maximum Gasteiger partial charge on any atom is 0.218 e. The summed E-state index contributed by atoms with van der Waals surface area (Å²) >= 11 is 6.88. The first-order chi connectivity index (χ1) is 13.2. The van der Waals surface area contributed by atoms with Crippen molar-refractivity contribution in [1.82, 2.24) is 10.3 Å². The van der Waals surface area contributed by atoms with Gasteiger partial charge in [0.15, 0.2) is 0 Å². The molecule has 2 aromatic carbocycles. The van der Waals surface area contributed by atoms with E-state index in [2.05, 4.69) is 35.6 Å². The van der Waals surface area contributed by atoms with Crippen LogP contribution >= 0.6 is 11.6 Å². The maximum atomic E-state index is 6.88. The molecule has 1 N–H and O–H groups in total. The van der Waals surface area contributed by atoms with Crippen LogP contribution in [-0.2, 0) is 19.4 Å². The van der Waals surface area contributed by atoms with Crippen molar-refractivity contribution in [2.45, 2.75) is 25.8 Å². The third kappa shape index (κ3) is 3.33. The van der Waals surface area contributed by atoms with E-state index in [0.717, 1.165) is 40.2 Å². The number of hydrogen-bond donors (Lipinski definition) is 1.